The summed E-state index contributed by atoms with van der Waals surface area (Å²) in [6.07, 6.45) is 1.23. The van der Waals surface area contributed by atoms with Crippen molar-refractivity contribution in [1.82, 2.24) is 0 Å². The van der Waals surface area contributed by atoms with E-state index in [-0.39, 0.29) is 5.97 Å². The first-order valence-electron chi connectivity index (χ1n) is 4.18. The number of rotatable bonds is 3. The highest BCUT2D eigenvalue weighted by molar-refractivity contribution is 6.30. The minimum atomic E-state index is -0.218. The molecule has 0 aliphatic rings. The molecular formula is C10H11ClO2. The summed E-state index contributed by atoms with van der Waals surface area (Å²) in [5.41, 5.74) is 0. The normalized spacial score (nSPS) is 9.69. The molecule has 1 aromatic carbocycles. The van der Waals surface area contributed by atoms with Crippen molar-refractivity contribution in [2.45, 2.75) is 19.8 Å². The Kier molecular flexibility index (Phi) is 3.77. The van der Waals surface area contributed by atoms with Crippen LogP contribution in [0.1, 0.15) is 19.8 Å². The molecule has 13 heavy (non-hydrogen) atoms. The van der Waals surface area contributed by atoms with Crippen LogP contribution in [0.2, 0.25) is 5.02 Å². The molecule has 0 N–H and O–H groups in total. The lowest BCUT2D eigenvalue weighted by Gasteiger charge is -2.02. The van der Waals surface area contributed by atoms with Gasteiger partial charge in [-0.15, -0.1) is 0 Å². The summed E-state index contributed by atoms with van der Waals surface area (Å²) in [5.74, 6) is 0.288. The van der Waals surface area contributed by atoms with E-state index in [0.29, 0.717) is 17.2 Å². The van der Waals surface area contributed by atoms with Crippen molar-refractivity contribution in [3.63, 3.8) is 0 Å². The Bertz CT molecular complexity index is 297. The molecule has 0 aromatic heterocycles. The smallest absolute Gasteiger partial charge is 0.311 e. The van der Waals surface area contributed by atoms with E-state index in [1.807, 2.05) is 6.92 Å². The Balaban J connectivity index is 2.58. The first kappa shape index (κ1) is 10.1. The molecule has 2 nitrogen and oxygen atoms in total. The highest BCUT2D eigenvalue weighted by Crippen LogP contribution is 2.17. The zero-order chi connectivity index (χ0) is 9.68. The molecule has 0 radical (unpaired) electrons. The van der Waals surface area contributed by atoms with Crippen molar-refractivity contribution in [1.29, 1.82) is 0 Å². The van der Waals surface area contributed by atoms with E-state index in [0.717, 1.165) is 6.42 Å². The van der Waals surface area contributed by atoms with Gasteiger partial charge >= 0.3 is 5.97 Å². The van der Waals surface area contributed by atoms with Crippen LogP contribution >= 0.6 is 11.6 Å². The van der Waals surface area contributed by atoms with E-state index >= 15 is 0 Å². The number of hydrogen-bond acceptors (Lipinski definition) is 2. The summed E-state index contributed by atoms with van der Waals surface area (Å²) in [5, 5.41) is 0.571. The van der Waals surface area contributed by atoms with E-state index < -0.39 is 0 Å². The molecular weight excluding hydrogens is 188 g/mol. The molecule has 0 aliphatic heterocycles. The standard InChI is InChI=1S/C10H11ClO2/c1-2-4-10(12)13-9-6-3-5-8(11)7-9/h3,5-7H,2,4H2,1H3. The van der Waals surface area contributed by atoms with Crippen molar-refractivity contribution >= 4 is 17.6 Å². The number of esters is 1. The molecule has 0 saturated carbocycles. The Labute approximate surface area is 82.5 Å². The zero-order valence-corrected chi connectivity index (χ0v) is 8.17. The minimum absolute atomic E-state index is 0.218. The van der Waals surface area contributed by atoms with Gasteiger partial charge in [0.25, 0.3) is 0 Å². The van der Waals surface area contributed by atoms with Gasteiger partial charge < -0.3 is 4.74 Å². The minimum Gasteiger partial charge on any atom is -0.426 e. The van der Waals surface area contributed by atoms with Crippen molar-refractivity contribution in [3.05, 3.63) is 29.3 Å². The molecule has 0 atom stereocenters. The van der Waals surface area contributed by atoms with Gasteiger partial charge in [0.05, 0.1) is 0 Å². The summed E-state index contributed by atoms with van der Waals surface area (Å²) < 4.78 is 5.01. The molecule has 1 rings (SSSR count). The fourth-order valence-electron chi connectivity index (χ4n) is 0.917. The molecule has 0 aliphatic carbocycles. The van der Waals surface area contributed by atoms with Crippen molar-refractivity contribution < 1.29 is 9.53 Å². The van der Waals surface area contributed by atoms with Gasteiger partial charge in [0, 0.05) is 11.4 Å². The second-order valence-corrected chi connectivity index (χ2v) is 3.12. The van der Waals surface area contributed by atoms with Gasteiger partial charge in [0.15, 0.2) is 0 Å². The molecule has 0 amide bonds. The van der Waals surface area contributed by atoms with Crippen LogP contribution in [0.4, 0.5) is 0 Å². The molecule has 0 fully saturated rings. The highest BCUT2D eigenvalue weighted by Gasteiger charge is 2.02. The van der Waals surface area contributed by atoms with Crippen LogP contribution in [-0.4, -0.2) is 5.97 Å². The second kappa shape index (κ2) is 4.87. The average Bonchev–Trinajstić information content (AvgIpc) is 2.04. The molecule has 0 bridgehead atoms. The summed E-state index contributed by atoms with van der Waals surface area (Å²) in [7, 11) is 0. The molecule has 0 unspecified atom stereocenters. The largest absolute Gasteiger partial charge is 0.426 e. The fourth-order valence-corrected chi connectivity index (χ4v) is 1.10. The third kappa shape index (κ3) is 3.47. The third-order valence-corrected chi connectivity index (χ3v) is 1.72. The van der Waals surface area contributed by atoms with E-state index in [4.69, 9.17) is 16.3 Å². The number of benzene rings is 1. The number of carbonyl (C=O) groups excluding carboxylic acids is 1. The number of ether oxygens (including phenoxy) is 1. The zero-order valence-electron chi connectivity index (χ0n) is 7.42. The quantitative estimate of drug-likeness (QED) is 0.551. The molecule has 0 saturated heterocycles. The molecule has 0 spiro atoms. The molecule has 70 valence electrons. The van der Waals surface area contributed by atoms with Crippen LogP contribution < -0.4 is 4.74 Å². The molecule has 1 aromatic rings. The number of hydrogen-bond donors (Lipinski definition) is 0. The lowest BCUT2D eigenvalue weighted by molar-refractivity contribution is -0.134. The SMILES string of the molecule is CCCC(=O)Oc1cccc(Cl)c1. The van der Waals surface area contributed by atoms with Crippen molar-refractivity contribution in [2.75, 3.05) is 0 Å². The summed E-state index contributed by atoms with van der Waals surface area (Å²) in [6, 6.07) is 6.81. The maximum Gasteiger partial charge on any atom is 0.311 e. The van der Waals surface area contributed by atoms with Gasteiger partial charge in [0.2, 0.25) is 0 Å². The average molecular weight is 199 g/mol. The van der Waals surface area contributed by atoms with Gasteiger partial charge in [-0.3, -0.25) is 4.79 Å². The molecule has 3 heteroatoms. The summed E-state index contributed by atoms with van der Waals surface area (Å²) in [4.78, 5) is 11.1. The second-order valence-electron chi connectivity index (χ2n) is 2.68. The predicted molar refractivity (Wildman–Crippen MR) is 52.0 cm³/mol. The Morgan fingerprint density at radius 3 is 2.92 bits per heavy atom. The van der Waals surface area contributed by atoms with E-state index in [9.17, 15) is 4.79 Å². The van der Waals surface area contributed by atoms with Gasteiger partial charge in [-0.25, -0.2) is 0 Å². The van der Waals surface area contributed by atoms with E-state index in [2.05, 4.69) is 0 Å². The van der Waals surface area contributed by atoms with E-state index in [1.54, 1.807) is 24.3 Å². The Morgan fingerprint density at radius 1 is 1.54 bits per heavy atom. The summed E-state index contributed by atoms with van der Waals surface area (Å²) in [6.45, 7) is 1.93. The van der Waals surface area contributed by atoms with Gasteiger partial charge in [0.1, 0.15) is 5.75 Å². The maximum atomic E-state index is 11.1. The van der Waals surface area contributed by atoms with Crippen molar-refractivity contribution in [3.8, 4) is 5.75 Å². The topological polar surface area (TPSA) is 26.3 Å². The Morgan fingerprint density at radius 2 is 2.31 bits per heavy atom. The number of carbonyl (C=O) groups is 1. The fraction of sp³-hybridized carbons (Fsp3) is 0.300. The highest BCUT2D eigenvalue weighted by atomic mass is 35.5. The monoisotopic (exact) mass is 198 g/mol. The van der Waals surface area contributed by atoms with Crippen LogP contribution in [0, 0.1) is 0 Å². The van der Waals surface area contributed by atoms with Crippen LogP contribution in [0.5, 0.6) is 5.75 Å². The maximum absolute atomic E-state index is 11.1. The van der Waals surface area contributed by atoms with Crippen molar-refractivity contribution in [2.24, 2.45) is 0 Å². The Hall–Kier alpha value is -1.02. The van der Waals surface area contributed by atoms with Crippen LogP contribution in [0.15, 0.2) is 24.3 Å². The van der Waals surface area contributed by atoms with Crippen LogP contribution in [0.25, 0.3) is 0 Å². The van der Waals surface area contributed by atoms with E-state index in [1.165, 1.54) is 0 Å². The summed E-state index contributed by atoms with van der Waals surface area (Å²) >= 11 is 5.71. The molecule has 0 heterocycles. The third-order valence-electron chi connectivity index (χ3n) is 1.48. The predicted octanol–water partition coefficient (Wildman–Crippen LogP) is 3.05. The van der Waals surface area contributed by atoms with Gasteiger partial charge in [-0.05, 0) is 24.6 Å². The lowest BCUT2D eigenvalue weighted by Crippen LogP contribution is -2.06. The number of halogens is 1. The lowest BCUT2D eigenvalue weighted by atomic mass is 10.3. The van der Waals surface area contributed by atoms with Crippen LogP contribution in [0.3, 0.4) is 0 Å². The van der Waals surface area contributed by atoms with Gasteiger partial charge in [-0.1, -0.05) is 24.6 Å². The first-order chi connectivity index (χ1) is 6.22. The first-order valence-corrected chi connectivity index (χ1v) is 4.56. The van der Waals surface area contributed by atoms with Crippen LogP contribution in [-0.2, 0) is 4.79 Å². The van der Waals surface area contributed by atoms with Gasteiger partial charge in [-0.2, -0.15) is 0 Å².